The van der Waals surface area contributed by atoms with Crippen LogP contribution >= 0.6 is 0 Å². The Morgan fingerprint density at radius 2 is 1.93 bits per heavy atom. The summed E-state index contributed by atoms with van der Waals surface area (Å²) in [5.41, 5.74) is 2.32. The van der Waals surface area contributed by atoms with Gasteiger partial charge in [-0.3, -0.25) is 0 Å². The van der Waals surface area contributed by atoms with Gasteiger partial charge in [-0.25, -0.2) is 0 Å². The highest BCUT2D eigenvalue weighted by Gasteiger charge is 2.04. The molecule has 0 aliphatic carbocycles. The molecule has 0 heterocycles. The average Bonchev–Trinajstić information content (AvgIpc) is 2.18. The molecule has 1 aromatic carbocycles. The smallest absolute Gasteiger partial charge is 0.0793 e. The maximum absolute atomic E-state index is 9.80. The molecule has 0 saturated carbocycles. The molecule has 0 amide bonds. The number of aliphatic hydroxyl groups excluding tert-OH is 1. The summed E-state index contributed by atoms with van der Waals surface area (Å²) >= 11 is 0. The van der Waals surface area contributed by atoms with Crippen molar-refractivity contribution in [3.63, 3.8) is 0 Å². The van der Waals surface area contributed by atoms with E-state index in [1.165, 1.54) is 5.57 Å². The summed E-state index contributed by atoms with van der Waals surface area (Å²) < 4.78 is 0. The summed E-state index contributed by atoms with van der Waals surface area (Å²) in [7, 11) is 0. The molecule has 0 aliphatic rings. The fourth-order valence-corrected chi connectivity index (χ4v) is 1.37. The van der Waals surface area contributed by atoms with Crippen molar-refractivity contribution in [3.05, 3.63) is 47.5 Å². The van der Waals surface area contributed by atoms with E-state index in [4.69, 9.17) is 0 Å². The number of benzene rings is 1. The van der Waals surface area contributed by atoms with Gasteiger partial charge >= 0.3 is 0 Å². The van der Waals surface area contributed by atoms with Crippen LogP contribution in [0.4, 0.5) is 0 Å². The maximum Gasteiger partial charge on any atom is 0.0793 e. The van der Waals surface area contributed by atoms with Crippen LogP contribution < -0.4 is 0 Å². The number of aliphatic hydroxyl groups is 1. The fourth-order valence-electron chi connectivity index (χ4n) is 1.37. The number of rotatable bonds is 4. The molecule has 0 spiro atoms. The Morgan fingerprint density at radius 3 is 2.50 bits per heavy atom. The summed E-state index contributed by atoms with van der Waals surface area (Å²) in [5.74, 6) is 0. The molecule has 0 unspecified atom stereocenters. The summed E-state index contributed by atoms with van der Waals surface area (Å²) in [5, 5.41) is 9.80. The first kappa shape index (κ1) is 11.0. The molecule has 1 N–H and O–H groups in total. The molecular weight excluding hydrogens is 172 g/mol. The molecule has 1 aromatic rings. The second-order valence-electron chi connectivity index (χ2n) is 3.79. The molecule has 0 aliphatic heterocycles. The van der Waals surface area contributed by atoms with E-state index in [-0.39, 0.29) is 6.10 Å². The second kappa shape index (κ2) is 5.61. The summed E-state index contributed by atoms with van der Waals surface area (Å²) in [6.45, 7) is 4.16. The molecule has 0 radical (unpaired) electrons. The van der Waals surface area contributed by atoms with Crippen molar-refractivity contribution < 1.29 is 5.11 Å². The van der Waals surface area contributed by atoms with E-state index < -0.39 is 0 Å². The molecule has 1 heteroatoms. The molecule has 0 aromatic heterocycles. The lowest BCUT2D eigenvalue weighted by molar-refractivity contribution is 0.168. The Labute approximate surface area is 86.1 Å². The Bertz CT molecular complexity index is 283. The molecule has 1 rings (SSSR count). The highest BCUT2D eigenvalue weighted by atomic mass is 16.3. The predicted molar refractivity (Wildman–Crippen MR) is 60.1 cm³/mol. The van der Waals surface area contributed by atoms with Crippen LogP contribution in [0.1, 0.15) is 38.4 Å². The van der Waals surface area contributed by atoms with Gasteiger partial charge in [0, 0.05) is 0 Å². The zero-order chi connectivity index (χ0) is 10.4. The second-order valence-corrected chi connectivity index (χ2v) is 3.79. The monoisotopic (exact) mass is 190 g/mol. The van der Waals surface area contributed by atoms with E-state index in [1.807, 2.05) is 30.3 Å². The number of hydrogen-bond acceptors (Lipinski definition) is 1. The van der Waals surface area contributed by atoms with Crippen LogP contribution in [0, 0.1) is 0 Å². The van der Waals surface area contributed by atoms with Gasteiger partial charge in [0.1, 0.15) is 0 Å². The van der Waals surface area contributed by atoms with Crippen molar-refractivity contribution >= 4 is 0 Å². The van der Waals surface area contributed by atoms with Crippen molar-refractivity contribution in [1.82, 2.24) is 0 Å². The average molecular weight is 190 g/mol. The van der Waals surface area contributed by atoms with Gasteiger partial charge in [0.05, 0.1) is 6.10 Å². The predicted octanol–water partition coefficient (Wildman–Crippen LogP) is 3.47. The number of allylic oxidation sites excluding steroid dienone is 2. The van der Waals surface area contributed by atoms with E-state index >= 15 is 0 Å². The first-order chi connectivity index (χ1) is 6.70. The van der Waals surface area contributed by atoms with Gasteiger partial charge < -0.3 is 5.11 Å². The number of hydrogen-bond donors (Lipinski definition) is 1. The lowest BCUT2D eigenvalue weighted by Crippen LogP contribution is -1.95. The summed E-state index contributed by atoms with van der Waals surface area (Å²) in [6.07, 6.45) is 3.58. The van der Waals surface area contributed by atoms with Gasteiger partial charge in [-0.1, -0.05) is 42.0 Å². The van der Waals surface area contributed by atoms with E-state index in [0.29, 0.717) is 0 Å². The van der Waals surface area contributed by atoms with Crippen molar-refractivity contribution in [1.29, 1.82) is 0 Å². The first-order valence-corrected chi connectivity index (χ1v) is 5.06. The van der Waals surface area contributed by atoms with Gasteiger partial charge in [0.15, 0.2) is 0 Å². The minimum atomic E-state index is -0.327. The Hall–Kier alpha value is -1.08. The Kier molecular flexibility index (Phi) is 4.41. The van der Waals surface area contributed by atoms with Gasteiger partial charge in [-0.2, -0.15) is 0 Å². The topological polar surface area (TPSA) is 20.2 Å². The molecule has 1 atom stereocenters. The molecule has 14 heavy (non-hydrogen) atoms. The highest BCUT2D eigenvalue weighted by molar-refractivity contribution is 5.17. The lowest BCUT2D eigenvalue weighted by Gasteiger charge is -2.08. The van der Waals surface area contributed by atoms with Gasteiger partial charge in [0.25, 0.3) is 0 Å². The van der Waals surface area contributed by atoms with Crippen LogP contribution in [0.15, 0.2) is 42.0 Å². The molecule has 76 valence electrons. The summed E-state index contributed by atoms with van der Waals surface area (Å²) in [4.78, 5) is 0. The largest absolute Gasteiger partial charge is 0.388 e. The van der Waals surface area contributed by atoms with Crippen LogP contribution in [-0.2, 0) is 0 Å². The third-order valence-corrected chi connectivity index (χ3v) is 2.18. The van der Waals surface area contributed by atoms with Gasteiger partial charge in [-0.15, -0.1) is 0 Å². The maximum atomic E-state index is 9.80. The third-order valence-electron chi connectivity index (χ3n) is 2.18. The summed E-state index contributed by atoms with van der Waals surface area (Å²) in [6, 6.07) is 9.81. The van der Waals surface area contributed by atoms with Crippen molar-refractivity contribution in [2.45, 2.75) is 32.8 Å². The van der Waals surface area contributed by atoms with Crippen LogP contribution in [0.5, 0.6) is 0 Å². The Morgan fingerprint density at radius 1 is 1.29 bits per heavy atom. The van der Waals surface area contributed by atoms with Crippen molar-refractivity contribution in [3.8, 4) is 0 Å². The Balaban J connectivity index is 2.43. The molecule has 0 saturated heterocycles. The van der Waals surface area contributed by atoms with E-state index in [0.717, 1.165) is 18.4 Å². The zero-order valence-electron chi connectivity index (χ0n) is 8.90. The molecule has 0 fully saturated rings. The van der Waals surface area contributed by atoms with E-state index in [2.05, 4.69) is 19.9 Å². The quantitative estimate of drug-likeness (QED) is 0.721. The minimum absolute atomic E-state index is 0.327. The standard InChI is InChI=1S/C13H18O/c1-11(2)7-6-10-13(14)12-8-4-3-5-9-12/h3-5,7-9,13-14H,6,10H2,1-2H3/t13-/m1/s1. The SMILES string of the molecule is CC(C)=CCC[C@@H](O)c1ccccc1. The first-order valence-electron chi connectivity index (χ1n) is 5.06. The molecule has 0 bridgehead atoms. The fraction of sp³-hybridized carbons (Fsp3) is 0.385. The highest BCUT2D eigenvalue weighted by Crippen LogP contribution is 2.18. The van der Waals surface area contributed by atoms with Crippen LogP contribution in [0.2, 0.25) is 0 Å². The molecular formula is C13H18O. The van der Waals surface area contributed by atoms with Crippen molar-refractivity contribution in [2.24, 2.45) is 0 Å². The lowest BCUT2D eigenvalue weighted by atomic mass is 10.0. The van der Waals surface area contributed by atoms with Crippen LogP contribution in [0.3, 0.4) is 0 Å². The minimum Gasteiger partial charge on any atom is -0.388 e. The third kappa shape index (κ3) is 3.75. The molecule has 1 nitrogen and oxygen atoms in total. The van der Waals surface area contributed by atoms with Crippen LogP contribution in [-0.4, -0.2) is 5.11 Å². The van der Waals surface area contributed by atoms with Crippen LogP contribution in [0.25, 0.3) is 0 Å². The van der Waals surface area contributed by atoms with Crippen molar-refractivity contribution in [2.75, 3.05) is 0 Å². The van der Waals surface area contributed by atoms with Gasteiger partial charge in [0.2, 0.25) is 0 Å². The normalized spacial score (nSPS) is 12.2. The zero-order valence-corrected chi connectivity index (χ0v) is 8.90. The van der Waals surface area contributed by atoms with Gasteiger partial charge in [-0.05, 0) is 32.3 Å². The van der Waals surface area contributed by atoms with E-state index in [1.54, 1.807) is 0 Å². The van der Waals surface area contributed by atoms with E-state index in [9.17, 15) is 5.11 Å².